The molecule has 2 rings (SSSR count). The van der Waals surface area contributed by atoms with Crippen molar-refractivity contribution < 1.29 is 9.59 Å². The molecule has 1 aliphatic heterocycles. The Kier molecular flexibility index (Phi) is 4.61. The summed E-state index contributed by atoms with van der Waals surface area (Å²) in [5, 5.41) is 2.88. The lowest BCUT2D eigenvalue weighted by Crippen LogP contribution is -2.43. The van der Waals surface area contributed by atoms with Crippen molar-refractivity contribution in [3.63, 3.8) is 0 Å². The first-order valence-electron chi connectivity index (χ1n) is 6.43. The van der Waals surface area contributed by atoms with Crippen molar-refractivity contribution in [2.24, 2.45) is 0 Å². The number of carbonyl (C=O) groups is 2. The number of thiocarbonyl (C=S) groups is 1. The molecule has 1 aliphatic carbocycles. The number of carbonyl (C=O) groups excluding carboxylic acids is 2. The number of hydrogen-bond donors (Lipinski definition) is 1. The van der Waals surface area contributed by atoms with Gasteiger partial charge < -0.3 is 5.32 Å². The molecule has 6 heteroatoms. The van der Waals surface area contributed by atoms with Gasteiger partial charge in [0.1, 0.15) is 10.9 Å². The molecule has 0 radical (unpaired) electrons. The minimum atomic E-state index is -0.100. The number of amides is 2. The zero-order valence-corrected chi connectivity index (χ0v) is 12.1. The number of nitrogens with zero attached hydrogens (tertiary/aromatic N) is 1. The third-order valence-electron chi connectivity index (χ3n) is 3.40. The molecule has 1 atom stereocenters. The van der Waals surface area contributed by atoms with Gasteiger partial charge in [-0.15, -0.1) is 0 Å². The molecule has 1 saturated carbocycles. The fraction of sp³-hybridized carbons (Fsp3) is 0.750. The third-order valence-corrected chi connectivity index (χ3v) is 5.15. The summed E-state index contributed by atoms with van der Waals surface area (Å²) in [6, 6.07) is 0.290. The average Bonchev–Trinajstić information content (AvgIpc) is 2.92. The maximum Gasteiger partial charge on any atom is 0.242 e. The Bertz CT molecular complexity index is 367. The quantitative estimate of drug-likeness (QED) is 0.799. The van der Waals surface area contributed by atoms with Gasteiger partial charge in [-0.25, -0.2) is 0 Å². The molecular formula is C12H18N2O2S2. The van der Waals surface area contributed by atoms with Crippen LogP contribution in [0.15, 0.2) is 0 Å². The summed E-state index contributed by atoms with van der Waals surface area (Å²) in [6.07, 6.45) is 5.22. The van der Waals surface area contributed by atoms with Crippen LogP contribution in [0.3, 0.4) is 0 Å². The topological polar surface area (TPSA) is 49.4 Å². The summed E-state index contributed by atoms with van der Waals surface area (Å²) in [7, 11) is 0. The van der Waals surface area contributed by atoms with Gasteiger partial charge in [-0.05, 0) is 19.3 Å². The molecule has 0 aromatic heterocycles. The molecule has 0 spiro atoms. The summed E-state index contributed by atoms with van der Waals surface area (Å²) in [5.41, 5.74) is 0. The van der Waals surface area contributed by atoms with Gasteiger partial charge in [0, 0.05) is 6.04 Å². The highest BCUT2D eigenvalue weighted by Gasteiger charge is 2.36. The Morgan fingerprint density at radius 3 is 2.72 bits per heavy atom. The summed E-state index contributed by atoms with van der Waals surface area (Å²) in [5.74, 6) is -0.107. The van der Waals surface area contributed by atoms with Crippen molar-refractivity contribution in [1.82, 2.24) is 10.2 Å². The molecule has 0 bridgehead atoms. The highest BCUT2D eigenvalue weighted by Crippen LogP contribution is 2.29. The van der Waals surface area contributed by atoms with Crippen LogP contribution in [0.2, 0.25) is 0 Å². The van der Waals surface area contributed by atoms with Crippen molar-refractivity contribution in [3.8, 4) is 0 Å². The zero-order valence-electron chi connectivity index (χ0n) is 10.5. The van der Waals surface area contributed by atoms with Gasteiger partial charge in [-0.1, -0.05) is 43.7 Å². The van der Waals surface area contributed by atoms with Gasteiger partial charge in [0.2, 0.25) is 11.8 Å². The molecular weight excluding hydrogens is 268 g/mol. The molecule has 1 N–H and O–H groups in total. The smallest absolute Gasteiger partial charge is 0.242 e. The first kappa shape index (κ1) is 13.8. The van der Waals surface area contributed by atoms with Crippen LogP contribution in [0.5, 0.6) is 0 Å². The van der Waals surface area contributed by atoms with E-state index in [1.807, 2.05) is 6.92 Å². The highest BCUT2D eigenvalue weighted by molar-refractivity contribution is 8.24. The van der Waals surface area contributed by atoms with Crippen LogP contribution in [0.4, 0.5) is 0 Å². The van der Waals surface area contributed by atoms with Crippen LogP contribution in [0.1, 0.15) is 39.0 Å². The summed E-state index contributed by atoms with van der Waals surface area (Å²) in [4.78, 5) is 25.3. The monoisotopic (exact) mass is 286 g/mol. The maximum absolute atomic E-state index is 12.0. The number of rotatable bonds is 4. The van der Waals surface area contributed by atoms with E-state index in [-0.39, 0.29) is 23.6 Å². The van der Waals surface area contributed by atoms with E-state index in [1.54, 1.807) is 0 Å². The van der Waals surface area contributed by atoms with Crippen molar-refractivity contribution in [2.75, 3.05) is 6.54 Å². The van der Waals surface area contributed by atoms with E-state index in [0.29, 0.717) is 10.4 Å². The van der Waals surface area contributed by atoms with E-state index in [0.717, 1.165) is 19.3 Å². The molecule has 1 unspecified atom stereocenters. The second-order valence-corrected chi connectivity index (χ2v) is 6.59. The molecule has 1 saturated heterocycles. The zero-order chi connectivity index (χ0) is 13.1. The van der Waals surface area contributed by atoms with Crippen LogP contribution in [0.25, 0.3) is 0 Å². The highest BCUT2D eigenvalue weighted by atomic mass is 32.2. The Hall–Kier alpha value is -0.620. The predicted octanol–water partition coefficient (Wildman–Crippen LogP) is 1.68. The van der Waals surface area contributed by atoms with E-state index in [4.69, 9.17) is 12.2 Å². The minimum absolute atomic E-state index is 0.0194. The Morgan fingerprint density at radius 1 is 1.50 bits per heavy atom. The van der Waals surface area contributed by atoms with Crippen molar-refractivity contribution in [1.29, 1.82) is 0 Å². The van der Waals surface area contributed by atoms with E-state index in [9.17, 15) is 9.59 Å². The van der Waals surface area contributed by atoms with Crippen LogP contribution < -0.4 is 5.32 Å². The van der Waals surface area contributed by atoms with Gasteiger partial charge in [-0.3, -0.25) is 14.5 Å². The van der Waals surface area contributed by atoms with E-state index >= 15 is 0 Å². The van der Waals surface area contributed by atoms with Crippen LogP contribution in [-0.4, -0.2) is 38.9 Å². The molecule has 2 amide bonds. The van der Waals surface area contributed by atoms with Gasteiger partial charge >= 0.3 is 0 Å². The fourth-order valence-corrected chi connectivity index (χ4v) is 3.81. The van der Waals surface area contributed by atoms with Gasteiger partial charge in [0.05, 0.1) is 5.25 Å². The normalized spacial score (nSPS) is 24.9. The van der Waals surface area contributed by atoms with Gasteiger partial charge in [0.15, 0.2) is 0 Å². The SMILES string of the molecule is CCC1SC(=S)N(CC(=O)NC2CCCC2)C1=O. The first-order chi connectivity index (χ1) is 8.61. The molecule has 4 nitrogen and oxygen atoms in total. The van der Waals surface area contributed by atoms with Gasteiger partial charge in [-0.2, -0.15) is 0 Å². The molecule has 18 heavy (non-hydrogen) atoms. The Balaban J connectivity index is 1.86. The van der Waals surface area contributed by atoms with Crippen LogP contribution in [0, 0.1) is 0 Å². The maximum atomic E-state index is 12.0. The lowest BCUT2D eigenvalue weighted by molar-refractivity contribution is -0.131. The summed E-state index contributed by atoms with van der Waals surface area (Å²) >= 11 is 6.54. The molecule has 2 aliphatic rings. The Morgan fingerprint density at radius 2 is 2.17 bits per heavy atom. The predicted molar refractivity (Wildman–Crippen MR) is 76.4 cm³/mol. The van der Waals surface area contributed by atoms with Crippen molar-refractivity contribution in [2.45, 2.75) is 50.3 Å². The van der Waals surface area contributed by atoms with E-state index in [1.165, 1.54) is 29.5 Å². The minimum Gasteiger partial charge on any atom is -0.352 e. The number of nitrogens with one attached hydrogen (secondary N) is 1. The molecule has 0 aromatic rings. The molecule has 0 aromatic carbocycles. The number of hydrogen-bond acceptors (Lipinski definition) is 4. The lowest BCUT2D eigenvalue weighted by atomic mass is 10.2. The number of thioether (sulfide) groups is 1. The Labute approximate surface area is 117 Å². The van der Waals surface area contributed by atoms with Gasteiger partial charge in [0.25, 0.3) is 0 Å². The second-order valence-electron chi connectivity index (χ2n) is 4.75. The molecule has 2 fully saturated rings. The first-order valence-corrected chi connectivity index (χ1v) is 7.72. The lowest BCUT2D eigenvalue weighted by Gasteiger charge is -2.17. The van der Waals surface area contributed by atoms with Crippen molar-refractivity contribution >= 4 is 40.1 Å². The van der Waals surface area contributed by atoms with Crippen LogP contribution >= 0.6 is 24.0 Å². The third kappa shape index (κ3) is 3.03. The second kappa shape index (κ2) is 6.02. The average molecular weight is 286 g/mol. The standard InChI is InChI=1S/C12H18N2O2S2/c1-2-9-11(16)14(12(17)18-9)7-10(15)13-8-5-3-4-6-8/h8-9H,2-7H2,1H3,(H,13,15). The largest absolute Gasteiger partial charge is 0.352 e. The molecule has 1 heterocycles. The van der Waals surface area contributed by atoms with Crippen molar-refractivity contribution in [3.05, 3.63) is 0 Å². The summed E-state index contributed by atoms with van der Waals surface area (Å²) < 4.78 is 0.536. The molecule has 100 valence electrons. The van der Waals surface area contributed by atoms with Crippen LogP contribution in [-0.2, 0) is 9.59 Å². The fourth-order valence-electron chi connectivity index (χ4n) is 2.39. The van der Waals surface area contributed by atoms with E-state index < -0.39 is 0 Å². The van der Waals surface area contributed by atoms with E-state index in [2.05, 4.69) is 5.32 Å². The summed E-state index contributed by atoms with van der Waals surface area (Å²) in [6.45, 7) is 2.04.